The van der Waals surface area contributed by atoms with Crippen LogP contribution in [0.3, 0.4) is 0 Å². The smallest absolute Gasteiger partial charge is 0.335 e. The van der Waals surface area contributed by atoms with E-state index < -0.39 is 23.7 Å². The summed E-state index contributed by atoms with van der Waals surface area (Å²) in [6.07, 6.45) is 1.28. The SMILES string of the molecule is CCOc1c(Cl)cc(/C=C2\C(=O)NC(=O)N(c3ccc(F)cc3)C2=O)cc1OC. The summed E-state index contributed by atoms with van der Waals surface area (Å²) in [5, 5.41) is 2.32. The van der Waals surface area contributed by atoms with Crippen molar-refractivity contribution in [2.24, 2.45) is 0 Å². The number of ether oxygens (including phenoxy) is 2. The lowest BCUT2D eigenvalue weighted by Crippen LogP contribution is -2.54. The van der Waals surface area contributed by atoms with Gasteiger partial charge in [0.1, 0.15) is 11.4 Å². The summed E-state index contributed by atoms with van der Waals surface area (Å²) in [6.45, 7) is 2.16. The average molecular weight is 419 g/mol. The standard InChI is InChI=1S/C20H16ClFN2O5/c1-3-29-17-15(21)9-11(10-16(17)28-2)8-14-18(25)23-20(27)24(19(14)26)13-6-4-12(22)5-7-13/h4-10H,3H2,1-2H3,(H,23,25,27)/b14-8+. The fourth-order valence-electron chi connectivity index (χ4n) is 2.76. The second-order valence-electron chi connectivity index (χ2n) is 5.90. The number of urea groups is 1. The van der Waals surface area contributed by atoms with Crippen LogP contribution in [0.1, 0.15) is 12.5 Å². The number of nitrogens with one attached hydrogen (secondary N) is 1. The highest BCUT2D eigenvalue weighted by Gasteiger charge is 2.36. The molecule has 0 spiro atoms. The number of hydrogen-bond acceptors (Lipinski definition) is 5. The van der Waals surface area contributed by atoms with E-state index in [1.165, 1.54) is 31.4 Å². The molecule has 1 fully saturated rings. The summed E-state index contributed by atoms with van der Waals surface area (Å²) in [6, 6.07) is 6.85. The van der Waals surface area contributed by atoms with Crippen LogP contribution in [0.4, 0.5) is 14.9 Å². The van der Waals surface area contributed by atoms with Gasteiger partial charge in [-0.3, -0.25) is 14.9 Å². The first-order chi connectivity index (χ1) is 13.8. The zero-order valence-electron chi connectivity index (χ0n) is 15.5. The fraction of sp³-hybridized carbons (Fsp3) is 0.150. The molecule has 2 aromatic rings. The Kier molecular flexibility index (Phi) is 5.84. The number of carbonyl (C=O) groups is 3. The van der Waals surface area contributed by atoms with Crippen molar-refractivity contribution in [2.45, 2.75) is 6.92 Å². The van der Waals surface area contributed by atoms with Crippen molar-refractivity contribution < 1.29 is 28.2 Å². The molecule has 2 aromatic carbocycles. The van der Waals surface area contributed by atoms with E-state index in [0.717, 1.165) is 17.0 Å². The molecule has 1 saturated heterocycles. The van der Waals surface area contributed by atoms with E-state index in [9.17, 15) is 18.8 Å². The topological polar surface area (TPSA) is 84.9 Å². The molecule has 0 aliphatic carbocycles. The molecule has 0 saturated carbocycles. The maximum atomic E-state index is 13.2. The number of benzene rings is 2. The summed E-state index contributed by atoms with van der Waals surface area (Å²) in [5.74, 6) is -1.58. The predicted octanol–water partition coefficient (Wildman–Crippen LogP) is 3.55. The Balaban J connectivity index is 2.02. The van der Waals surface area contributed by atoms with Crippen molar-refractivity contribution in [1.29, 1.82) is 0 Å². The van der Waals surface area contributed by atoms with Gasteiger partial charge < -0.3 is 9.47 Å². The van der Waals surface area contributed by atoms with Gasteiger partial charge in [0.2, 0.25) is 0 Å². The maximum absolute atomic E-state index is 13.2. The predicted molar refractivity (Wildman–Crippen MR) is 105 cm³/mol. The molecule has 9 heteroatoms. The monoisotopic (exact) mass is 418 g/mol. The molecule has 4 amide bonds. The molecule has 29 heavy (non-hydrogen) atoms. The number of halogens is 2. The van der Waals surface area contributed by atoms with Gasteiger partial charge in [0.05, 0.1) is 24.4 Å². The van der Waals surface area contributed by atoms with Crippen LogP contribution < -0.4 is 19.7 Å². The summed E-state index contributed by atoms with van der Waals surface area (Å²) in [4.78, 5) is 38.0. The molecular formula is C20H16ClFN2O5. The number of imide groups is 2. The lowest BCUT2D eigenvalue weighted by molar-refractivity contribution is -0.122. The highest BCUT2D eigenvalue weighted by molar-refractivity contribution is 6.39. The van der Waals surface area contributed by atoms with Gasteiger partial charge in [-0.15, -0.1) is 0 Å². The highest BCUT2D eigenvalue weighted by Crippen LogP contribution is 2.37. The first-order valence-electron chi connectivity index (χ1n) is 8.53. The van der Waals surface area contributed by atoms with Crippen molar-refractivity contribution in [2.75, 3.05) is 18.6 Å². The van der Waals surface area contributed by atoms with E-state index >= 15 is 0 Å². The Morgan fingerprint density at radius 1 is 1.17 bits per heavy atom. The molecule has 0 atom stereocenters. The van der Waals surface area contributed by atoms with Crippen molar-refractivity contribution >= 4 is 41.2 Å². The third-order valence-electron chi connectivity index (χ3n) is 4.04. The van der Waals surface area contributed by atoms with E-state index in [4.69, 9.17) is 21.1 Å². The second kappa shape index (κ2) is 8.32. The lowest BCUT2D eigenvalue weighted by Gasteiger charge is -2.26. The number of methoxy groups -OCH3 is 1. The molecule has 0 radical (unpaired) electrons. The number of carbonyl (C=O) groups excluding carboxylic acids is 3. The normalized spacial score (nSPS) is 15.5. The zero-order chi connectivity index (χ0) is 21.1. The van der Waals surface area contributed by atoms with Gasteiger partial charge in [0.25, 0.3) is 11.8 Å². The Bertz CT molecular complexity index is 1020. The van der Waals surface area contributed by atoms with Crippen LogP contribution in [-0.2, 0) is 9.59 Å². The molecule has 0 unspecified atom stereocenters. The molecule has 0 bridgehead atoms. The van der Waals surface area contributed by atoms with Gasteiger partial charge in [0, 0.05) is 0 Å². The van der Waals surface area contributed by atoms with Crippen molar-refractivity contribution in [3.8, 4) is 11.5 Å². The Morgan fingerprint density at radius 2 is 1.86 bits per heavy atom. The first-order valence-corrected chi connectivity index (χ1v) is 8.90. The van der Waals surface area contributed by atoms with E-state index in [2.05, 4.69) is 5.32 Å². The molecule has 1 aliphatic heterocycles. The third kappa shape index (κ3) is 4.07. The van der Waals surface area contributed by atoms with E-state index in [0.29, 0.717) is 23.7 Å². The fourth-order valence-corrected chi connectivity index (χ4v) is 3.03. The number of nitrogens with zero attached hydrogens (tertiary/aromatic N) is 1. The Morgan fingerprint density at radius 3 is 2.48 bits per heavy atom. The van der Waals surface area contributed by atoms with Crippen LogP contribution in [0.2, 0.25) is 5.02 Å². The van der Waals surface area contributed by atoms with Crippen LogP contribution >= 0.6 is 11.6 Å². The second-order valence-corrected chi connectivity index (χ2v) is 6.31. The van der Waals surface area contributed by atoms with Gasteiger partial charge in [-0.2, -0.15) is 0 Å². The average Bonchev–Trinajstić information content (AvgIpc) is 2.68. The van der Waals surface area contributed by atoms with E-state index in [-0.39, 0.29) is 16.3 Å². The molecule has 0 aromatic heterocycles. The largest absolute Gasteiger partial charge is 0.493 e. The number of amides is 4. The van der Waals surface area contributed by atoms with E-state index in [1.807, 2.05) is 0 Å². The molecule has 7 nitrogen and oxygen atoms in total. The Labute approximate surface area is 170 Å². The molecule has 1 N–H and O–H groups in total. The summed E-state index contributed by atoms with van der Waals surface area (Å²) >= 11 is 6.23. The third-order valence-corrected chi connectivity index (χ3v) is 4.32. The van der Waals surface area contributed by atoms with Crippen molar-refractivity contribution in [1.82, 2.24) is 5.32 Å². The molecular weight excluding hydrogens is 403 g/mol. The summed E-state index contributed by atoms with van der Waals surface area (Å²) in [7, 11) is 1.43. The lowest BCUT2D eigenvalue weighted by atomic mass is 10.1. The molecule has 150 valence electrons. The molecule has 1 aliphatic rings. The van der Waals surface area contributed by atoms with Crippen LogP contribution in [0, 0.1) is 5.82 Å². The maximum Gasteiger partial charge on any atom is 0.335 e. The van der Waals surface area contributed by atoms with Gasteiger partial charge in [-0.25, -0.2) is 14.1 Å². The summed E-state index contributed by atoms with van der Waals surface area (Å²) in [5.41, 5.74) is 0.216. The summed E-state index contributed by atoms with van der Waals surface area (Å²) < 4.78 is 23.9. The quantitative estimate of drug-likeness (QED) is 0.593. The number of rotatable bonds is 5. The van der Waals surface area contributed by atoms with Gasteiger partial charge in [-0.05, 0) is 55.0 Å². The van der Waals surface area contributed by atoms with E-state index in [1.54, 1.807) is 13.0 Å². The highest BCUT2D eigenvalue weighted by atomic mass is 35.5. The van der Waals surface area contributed by atoms with Crippen LogP contribution in [-0.4, -0.2) is 31.6 Å². The Hall–Kier alpha value is -3.39. The molecule has 1 heterocycles. The number of hydrogen-bond donors (Lipinski definition) is 1. The van der Waals surface area contributed by atoms with Crippen LogP contribution in [0.5, 0.6) is 11.5 Å². The minimum Gasteiger partial charge on any atom is -0.493 e. The minimum atomic E-state index is -0.925. The van der Waals surface area contributed by atoms with Gasteiger partial charge in [-0.1, -0.05) is 11.6 Å². The van der Waals surface area contributed by atoms with Gasteiger partial charge >= 0.3 is 6.03 Å². The van der Waals surface area contributed by atoms with Gasteiger partial charge in [0.15, 0.2) is 11.5 Å². The minimum absolute atomic E-state index is 0.120. The number of anilines is 1. The zero-order valence-corrected chi connectivity index (χ0v) is 16.2. The number of barbiturate groups is 1. The van der Waals surface area contributed by atoms with Crippen molar-refractivity contribution in [3.63, 3.8) is 0 Å². The van der Waals surface area contributed by atoms with Crippen LogP contribution in [0.15, 0.2) is 42.0 Å². The van der Waals surface area contributed by atoms with Crippen LogP contribution in [0.25, 0.3) is 6.08 Å². The first kappa shape index (κ1) is 20.3. The molecule has 3 rings (SSSR count). The van der Waals surface area contributed by atoms with Crippen molar-refractivity contribution in [3.05, 3.63) is 58.4 Å².